The van der Waals surface area contributed by atoms with Gasteiger partial charge in [-0.15, -0.1) is 0 Å². The SMILES string of the molecule is CCC(Sc1nc2ccccc2o1)C(=O)N(Cc1ccccc1)C1CC(=O)N(c2ccccc2)C1=O. The zero-order chi connectivity index (χ0) is 25.1. The number of fused-ring (bicyclic) bond motifs is 1. The quantitative estimate of drug-likeness (QED) is 0.249. The van der Waals surface area contributed by atoms with Gasteiger partial charge in [0.1, 0.15) is 11.6 Å². The average molecular weight is 500 g/mol. The highest BCUT2D eigenvalue weighted by molar-refractivity contribution is 8.00. The van der Waals surface area contributed by atoms with Gasteiger partial charge in [-0.2, -0.15) is 0 Å². The first-order chi connectivity index (χ1) is 17.5. The number of carbonyl (C=O) groups excluding carboxylic acids is 3. The Morgan fingerprint density at radius 2 is 1.69 bits per heavy atom. The lowest BCUT2D eigenvalue weighted by atomic mass is 10.1. The monoisotopic (exact) mass is 499 g/mol. The molecule has 1 saturated heterocycles. The summed E-state index contributed by atoms with van der Waals surface area (Å²) in [5.41, 5.74) is 2.76. The Labute approximate surface area is 213 Å². The Balaban J connectivity index is 1.44. The first-order valence-electron chi connectivity index (χ1n) is 11.8. The van der Waals surface area contributed by atoms with E-state index in [0.29, 0.717) is 22.9 Å². The van der Waals surface area contributed by atoms with Crippen molar-refractivity contribution in [1.82, 2.24) is 9.88 Å². The summed E-state index contributed by atoms with van der Waals surface area (Å²) in [6.45, 7) is 2.13. The third kappa shape index (κ3) is 4.77. The van der Waals surface area contributed by atoms with Crippen LogP contribution in [-0.2, 0) is 20.9 Å². The molecule has 2 atom stereocenters. The summed E-state index contributed by atoms with van der Waals surface area (Å²) in [5.74, 6) is -0.936. The van der Waals surface area contributed by atoms with Crippen molar-refractivity contribution in [3.8, 4) is 0 Å². The van der Waals surface area contributed by atoms with Gasteiger partial charge in [0.15, 0.2) is 5.58 Å². The van der Waals surface area contributed by atoms with Gasteiger partial charge < -0.3 is 9.32 Å². The van der Waals surface area contributed by atoms with Crippen molar-refractivity contribution in [3.63, 3.8) is 0 Å². The second kappa shape index (κ2) is 10.4. The lowest BCUT2D eigenvalue weighted by Crippen LogP contribution is -2.48. The van der Waals surface area contributed by atoms with Gasteiger partial charge in [0, 0.05) is 6.54 Å². The maximum absolute atomic E-state index is 13.9. The maximum Gasteiger partial charge on any atom is 0.257 e. The van der Waals surface area contributed by atoms with Crippen LogP contribution >= 0.6 is 11.8 Å². The van der Waals surface area contributed by atoms with Crippen molar-refractivity contribution in [2.45, 2.75) is 42.8 Å². The predicted molar refractivity (Wildman–Crippen MR) is 138 cm³/mol. The number of carbonyl (C=O) groups is 3. The van der Waals surface area contributed by atoms with Crippen LogP contribution in [0.1, 0.15) is 25.3 Å². The molecule has 182 valence electrons. The molecule has 3 aromatic carbocycles. The first kappa shape index (κ1) is 23.8. The predicted octanol–water partition coefficient (Wildman–Crippen LogP) is 5.06. The number of imide groups is 1. The Morgan fingerprint density at radius 1 is 1.03 bits per heavy atom. The van der Waals surface area contributed by atoms with Crippen LogP contribution in [0.3, 0.4) is 0 Å². The number of aromatic nitrogens is 1. The van der Waals surface area contributed by atoms with Crippen molar-refractivity contribution >= 4 is 46.3 Å². The number of rotatable bonds is 8. The number of hydrogen-bond donors (Lipinski definition) is 0. The molecule has 36 heavy (non-hydrogen) atoms. The average Bonchev–Trinajstić information content (AvgIpc) is 3.45. The fourth-order valence-electron chi connectivity index (χ4n) is 4.35. The van der Waals surface area contributed by atoms with Gasteiger partial charge in [0.05, 0.1) is 17.4 Å². The zero-order valence-electron chi connectivity index (χ0n) is 19.7. The molecular weight excluding hydrogens is 474 g/mol. The zero-order valence-corrected chi connectivity index (χ0v) is 20.6. The lowest BCUT2D eigenvalue weighted by molar-refractivity contribution is -0.138. The molecule has 1 fully saturated rings. The molecule has 0 aliphatic carbocycles. The highest BCUT2D eigenvalue weighted by Crippen LogP contribution is 2.32. The molecule has 4 aromatic rings. The van der Waals surface area contributed by atoms with Gasteiger partial charge in [-0.1, -0.05) is 79.3 Å². The van der Waals surface area contributed by atoms with Crippen molar-refractivity contribution in [1.29, 1.82) is 0 Å². The van der Waals surface area contributed by atoms with E-state index in [0.717, 1.165) is 11.1 Å². The van der Waals surface area contributed by atoms with Gasteiger partial charge in [0.25, 0.3) is 11.1 Å². The summed E-state index contributed by atoms with van der Waals surface area (Å²) in [7, 11) is 0. The molecule has 5 rings (SSSR count). The van der Waals surface area contributed by atoms with Crippen LogP contribution in [0, 0.1) is 0 Å². The molecule has 1 aromatic heterocycles. The molecule has 1 aliphatic heterocycles. The molecule has 0 bridgehead atoms. The summed E-state index contributed by atoms with van der Waals surface area (Å²) >= 11 is 1.24. The summed E-state index contributed by atoms with van der Waals surface area (Å²) in [4.78, 5) is 47.6. The Hall–Kier alpha value is -3.91. The van der Waals surface area contributed by atoms with Gasteiger partial charge in [0.2, 0.25) is 11.8 Å². The number of benzene rings is 3. The molecule has 2 unspecified atom stereocenters. The number of hydrogen-bond acceptors (Lipinski definition) is 6. The molecule has 7 nitrogen and oxygen atoms in total. The fraction of sp³-hybridized carbons (Fsp3) is 0.214. The molecule has 0 radical (unpaired) electrons. The number of para-hydroxylation sites is 3. The molecular formula is C28H25N3O4S. The molecule has 2 heterocycles. The molecule has 0 spiro atoms. The van der Waals surface area contributed by atoms with Gasteiger partial charge >= 0.3 is 0 Å². The van der Waals surface area contributed by atoms with Crippen LogP contribution in [0.4, 0.5) is 5.69 Å². The second-order valence-corrected chi connectivity index (χ2v) is 9.69. The Bertz CT molecular complexity index is 1360. The smallest absolute Gasteiger partial charge is 0.257 e. The van der Waals surface area contributed by atoms with Crippen LogP contribution in [0.5, 0.6) is 0 Å². The summed E-state index contributed by atoms with van der Waals surface area (Å²) in [6, 6.07) is 24.9. The van der Waals surface area contributed by atoms with Crippen LogP contribution in [0.2, 0.25) is 0 Å². The van der Waals surface area contributed by atoms with Crippen LogP contribution < -0.4 is 4.90 Å². The third-order valence-corrected chi connectivity index (χ3v) is 7.35. The van der Waals surface area contributed by atoms with Gasteiger partial charge in [-0.3, -0.25) is 14.4 Å². The van der Waals surface area contributed by atoms with Crippen LogP contribution in [-0.4, -0.2) is 38.9 Å². The highest BCUT2D eigenvalue weighted by Gasteiger charge is 2.45. The number of thioether (sulfide) groups is 1. The lowest BCUT2D eigenvalue weighted by Gasteiger charge is -2.30. The minimum Gasteiger partial charge on any atom is -0.431 e. The van der Waals surface area contributed by atoms with Crippen LogP contribution in [0.25, 0.3) is 11.1 Å². The van der Waals surface area contributed by atoms with E-state index in [9.17, 15) is 14.4 Å². The number of amides is 3. The minimum absolute atomic E-state index is 0.0592. The second-order valence-electron chi connectivity index (χ2n) is 8.54. The van der Waals surface area contributed by atoms with E-state index < -0.39 is 17.2 Å². The van der Waals surface area contributed by atoms with E-state index >= 15 is 0 Å². The normalized spacial score (nSPS) is 16.5. The largest absolute Gasteiger partial charge is 0.431 e. The Kier molecular flexibility index (Phi) is 6.86. The van der Waals surface area contributed by atoms with E-state index in [2.05, 4.69) is 4.98 Å². The van der Waals surface area contributed by atoms with E-state index in [1.54, 1.807) is 29.2 Å². The molecule has 8 heteroatoms. The number of oxazole rings is 1. The molecule has 3 amide bonds. The standard InChI is InChI=1S/C28H25N3O4S/c1-2-24(36-28-29-21-15-9-10-16-23(21)35-28)27(34)30(18-19-11-5-3-6-12-19)22-17-25(32)31(26(22)33)20-13-7-4-8-14-20/h3-16,22,24H,2,17-18H2,1H3. The van der Waals surface area contributed by atoms with Crippen molar-refractivity contribution in [3.05, 3.63) is 90.5 Å². The fourth-order valence-corrected chi connectivity index (χ4v) is 5.28. The third-order valence-electron chi connectivity index (χ3n) is 6.16. The summed E-state index contributed by atoms with van der Waals surface area (Å²) < 4.78 is 5.84. The van der Waals surface area contributed by atoms with E-state index in [1.165, 1.54) is 16.7 Å². The molecule has 0 saturated carbocycles. The highest BCUT2D eigenvalue weighted by atomic mass is 32.2. The summed E-state index contributed by atoms with van der Waals surface area (Å²) in [5, 5.41) is -0.133. The molecule has 0 N–H and O–H groups in total. The molecule has 1 aliphatic rings. The minimum atomic E-state index is -0.885. The van der Waals surface area contributed by atoms with Crippen molar-refractivity contribution in [2.75, 3.05) is 4.90 Å². The maximum atomic E-state index is 13.9. The van der Waals surface area contributed by atoms with Crippen LogP contribution in [0.15, 0.2) is 94.6 Å². The van der Waals surface area contributed by atoms with E-state index in [1.807, 2.05) is 67.6 Å². The number of anilines is 1. The first-order valence-corrected chi connectivity index (χ1v) is 12.7. The topological polar surface area (TPSA) is 83.7 Å². The van der Waals surface area contributed by atoms with Gasteiger partial charge in [-0.05, 0) is 36.2 Å². The Morgan fingerprint density at radius 3 is 2.39 bits per heavy atom. The summed E-state index contributed by atoms with van der Waals surface area (Å²) in [6.07, 6.45) is 0.445. The van der Waals surface area contributed by atoms with Crippen molar-refractivity contribution in [2.24, 2.45) is 0 Å². The van der Waals surface area contributed by atoms with Gasteiger partial charge in [-0.25, -0.2) is 9.88 Å². The number of nitrogens with zero attached hydrogens (tertiary/aromatic N) is 3. The van der Waals surface area contributed by atoms with E-state index in [4.69, 9.17) is 4.42 Å². The van der Waals surface area contributed by atoms with Crippen molar-refractivity contribution < 1.29 is 18.8 Å². The van der Waals surface area contributed by atoms with E-state index in [-0.39, 0.29) is 24.8 Å².